The van der Waals surface area contributed by atoms with Crippen molar-refractivity contribution in [3.63, 3.8) is 0 Å². The van der Waals surface area contributed by atoms with Gasteiger partial charge < -0.3 is 15.2 Å². The highest BCUT2D eigenvalue weighted by molar-refractivity contribution is 5.95. The number of amides is 1. The van der Waals surface area contributed by atoms with Gasteiger partial charge >= 0.3 is 6.18 Å². The molecule has 2 fully saturated rings. The molecule has 0 bridgehead atoms. The number of hydrogen-bond donors (Lipinski definition) is 2. The van der Waals surface area contributed by atoms with Crippen molar-refractivity contribution in [2.75, 3.05) is 13.2 Å². The summed E-state index contributed by atoms with van der Waals surface area (Å²) in [5.41, 5.74) is -2.00. The van der Waals surface area contributed by atoms with Crippen molar-refractivity contribution in [1.82, 2.24) is 10.3 Å². The smallest absolute Gasteiger partial charge is 0.392 e. The number of aliphatic hydroxyl groups excluding tert-OH is 1. The third-order valence-electron chi connectivity index (χ3n) is 4.92. The topological polar surface area (TPSA) is 71.5 Å². The fourth-order valence-corrected chi connectivity index (χ4v) is 3.46. The Kier molecular flexibility index (Phi) is 4.05. The first kappa shape index (κ1) is 16.2. The number of hydrogen-bond acceptors (Lipinski definition) is 4. The molecule has 3 rings (SSSR count). The summed E-state index contributed by atoms with van der Waals surface area (Å²) >= 11 is 0. The summed E-state index contributed by atoms with van der Waals surface area (Å²) in [4.78, 5) is 15.9. The number of carbonyl (C=O) groups is 1. The Hall–Kier alpha value is -1.67. The van der Waals surface area contributed by atoms with Crippen molar-refractivity contribution >= 4 is 5.91 Å². The number of aliphatic hydroxyl groups is 1. The SMILES string of the molecule is O=C(N[C@@H]1C[C@@H](O)C12CCOCC2)c1cnccc1C(F)(F)F. The maximum atomic E-state index is 13.0. The average Bonchev–Trinajstić information content (AvgIpc) is 2.54. The lowest BCUT2D eigenvalue weighted by Crippen LogP contribution is -2.65. The van der Waals surface area contributed by atoms with E-state index in [0.717, 1.165) is 18.5 Å². The second kappa shape index (κ2) is 5.76. The van der Waals surface area contributed by atoms with Gasteiger partial charge in [0.15, 0.2) is 0 Å². The molecule has 1 aromatic heterocycles. The van der Waals surface area contributed by atoms with E-state index in [-0.39, 0.29) is 6.04 Å². The van der Waals surface area contributed by atoms with Gasteiger partial charge in [-0.3, -0.25) is 9.78 Å². The molecular weight excluding hydrogens is 313 g/mol. The lowest BCUT2D eigenvalue weighted by molar-refractivity contribution is -0.146. The van der Waals surface area contributed by atoms with Gasteiger partial charge in [-0.15, -0.1) is 0 Å². The van der Waals surface area contributed by atoms with E-state index in [1.807, 2.05) is 0 Å². The Bertz CT molecular complexity index is 600. The number of rotatable bonds is 2. The lowest BCUT2D eigenvalue weighted by atomic mass is 9.58. The molecule has 1 aliphatic heterocycles. The molecule has 1 saturated heterocycles. The van der Waals surface area contributed by atoms with Gasteiger partial charge in [-0.25, -0.2) is 0 Å². The number of nitrogens with one attached hydrogen (secondary N) is 1. The molecule has 1 amide bonds. The Morgan fingerprint density at radius 2 is 2.09 bits per heavy atom. The van der Waals surface area contributed by atoms with Crippen LogP contribution >= 0.6 is 0 Å². The summed E-state index contributed by atoms with van der Waals surface area (Å²) in [5, 5.41) is 12.7. The molecule has 1 aliphatic carbocycles. The molecule has 2 N–H and O–H groups in total. The quantitative estimate of drug-likeness (QED) is 0.867. The zero-order valence-corrected chi connectivity index (χ0v) is 12.3. The lowest BCUT2D eigenvalue weighted by Gasteiger charge is -2.55. The fourth-order valence-electron chi connectivity index (χ4n) is 3.46. The average molecular weight is 330 g/mol. The summed E-state index contributed by atoms with van der Waals surface area (Å²) < 4.78 is 44.2. The van der Waals surface area contributed by atoms with E-state index in [1.165, 1.54) is 0 Å². The molecule has 2 aliphatic rings. The minimum absolute atomic E-state index is 0.341. The molecule has 0 unspecified atom stereocenters. The normalized spacial score (nSPS) is 26.6. The zero-order chi connectivity index (χ0) is 16.7. The van der Waals surface area contributed by atoms with Crippen LogP contribution in [-0.2, 0) is 10.9 Å². The number of ether oxygens (including phenoxy) is 1. The standard InChI is InChI=1S/C15H17F3N2O3/c16-15(17,18)10-1-4-19-8-9(10)13(22)20-11-7-12(21)14(11)2-5-23-6-3-14/h1,4,8,11-12,21H,2-3,5-7H2,(H,20,22)/t11-,12-/m1/s1. The van der Waals surface area contributed by atoms with E-state index in [9.17, 15) is 23.1 Å². The second-order valence-corrected chi connectivity index (χ2v) is 6.04. The van der Waals surface area contributed by atoms with E-state index in [1.54, 1.807) is 0 Å². The summed E-state index contributed by atoms with van der Waals surface area (Å²) in [6.07, 6.45) is -1.75. The van der Waals surface area contributed by atoms with Crippen LogP contribution in [0.25, 0.3) is 0 Å². The van der Waals surface area contributed by atoms with Crippen LogP contribution < -0.4 is 5.32 Å². The van der Waals surface area contributed by atoms with Gasteiger partial charge in [0.2, 0.25) is 0 Å². The molecule has 5 nitrogen and oxygen atoms in total. The van der Waals surface area contributed by atoms with Gasteiger partial charge in [-0.2, -0.15) is 13.2 Å². The maximum Gasteiger partial charge on any atom is 0.417 e. The zero-order valence-electron chi connectivity index (χ0n) is 12.3. The molecular formula is C15H17F3N2O3. The third-order valence-corrected chi connectivity index (χ3v) is 4.92. The predicted molar refractivity (Wildman–Crippen MR) is 73.6 cm³/mol. The molecule has 8 heteroatoms. The number of nitrogens with zero attached hydrogens (tertiary/aromatic N) is 1. The van der Waals surface area contributed by atoms with Crippen molar-refractivity contribution < 1.29 is 27.8 Å². The Balaban J connectivity index is 1.78. The molecule has 23 heavy (non-hydrogen) atoms. The minimum atomic E-state index is -4.62. The summed E-state index contributed by atoms with van der Waals surface area (Å²) in [6, 6.07) is 0.435. The fraction of sp³-hybridized carbons (Fsp3) is 0.600. The van der Waals surface area contributed by atoms with Gasteiger partial charge in [-0.1, -0.05) is 0 Å². The molecule has 1 saturated carbocycles. The van der Waals surface area contributed by atoms with Crippen molar-refractivity contribution in [2.24, 2.45) is 5.41 Å². The number of carbonyl (C=O) groups excluding carboxylic acids is 1. The van der Waals surface area contributed by atoms with Crippen molar-refractivity contribution in [3.8, 4) is 0 Å². The van der Waals surface area contributed by atoms with Crippen molar-refractivity contribution in [2.45, 2.75) is 37.6 Å². The molecule has 1 aromatic rings. The number of aromatic nitrogens is 1. The predicted octanol–water partition coefficient (Wildman–Crippen LogP) is 1.76. The highest BCUT2D eigenvalue weighted by Gasteiger charge is 2.55. The van der Waals surface area contributed by atoms with E-state index in [0.29, 0.717) is 32.5 Å². The van der Waals surface area contributed by atoms with Crippen molar-refractivity contribution in [1.29, 1.82) is 0 Å². The highest BCUT2D eigenvalue weighted by Crippen LogP contribution is 2.49. The Labute approximate surface area is 130 Å². The van der Waals surface area contributed by atoms with Crippen molar-refractivity contribution in [3.05, 3.63) is 29.6 Å². The van der Waals surface area contributed by atoms with Gasteiger partial charge in [-0.05, 0) is 25.3 Å². The first-order valence-corrected chi connectivity index (χ1v) is 7.42. The van der Waals surface area contributed by atoms with Crippen LogP contribution in [0.15, 0.2) is 18.5 Å². The molecule has 2 heterocycles. The molecule has 126 valence electrons. The van der Waals surface area contributed by atoms with Crippen LogP contribution in [0.1, 0.15) is 35.2 Å². The summed E-state index contributed by atoms with van der Waals surface area (Å²) in [5.74, 6) is -0.812. The van der Waals surface area contributed by atoms with Crippen LogP contribution in [-0.4, -0.2) is 41.4 Å². The largest absolute Gasteiger partial charge is 0.417 e. The van der Waals surface area contributed by atoms with Gasteiger partial charge in [0.25, 0.3) is 5.91 Å². The van der Waals surface area contributed by atoms with E-state index < -0.39 is 34.7 Å². The summed E-state index contributed by atoms with van der Waals surface area (Å²) in [7, 11) is 0. The third kappa shape index (κ3) is 2.81. The first-order valence-electron chi connectivity index (χ1n) is 7.42. The van der Waals surface area contributed by atoms with E-state index in [4.69, 9.17) is 4.74 Å². The maximum absolute atomic E-state index is 13.0. The highest BCUT2D eigenvalue weighted by atomic mass is 19.4. The number of pyridine rings is 1. The second-order valence-electron chi connectivity index (χ2n) is 6.04. The number of alkyl halides is 3. The minimum Gasteiger partial charge on any atom is -0.392 e. The van der Waals surface area contributed by atoms with Gasteiger partial charge in [0, 0.05) is 37.1 Å². The van der Waals surface area contributed by atoms with E-state index >= 15 is 0 Å². The van der Waals surface area contributed by atoms with Gasteiger partial charge in [0.05, 0.1) is 17.2 Å². The van der Waals surface area contributed by atoms with Crippen LogP contribution in [0.2, 0.25) is 0 Å². The molecule has 1 spiro atoms. The van der Waals surface area contributed by atoms with Crippen LogP contribution in [0, 0.1) is 5.41 Å². The number of halogens is 3. The monoisotopic (exact) mass is 330 g/mol. The van der Waals surface area contributed by atoms with Gasteiger partial charge in [0.1, 0.15) is 0 Å². The molecule has 2 atom stereocenters. The summed E-state index contributed by atoms with van der Waals surface area (Å²) in [6.45, 7) is 0.953. The van der Waals surface area contributed by atoms with Crippen LogP contribution in [0.5, 0.6) is 0 Å². The van der Waals surface area contributed by atoms with Crippen LogP contribution in [0.3, 0.4) is 0 Å². The first-order chi connectivity index (χ1) is 10.8. The molecule has 0 radical (unpaired) electrons. The van der Waals surface area contributed by atoms with Crippen LogP contribution in [0.4, 0.5) is 13.2 Å². The Morgan fingerprint density at radius 1 is 1.39 bits per heavy atom. The Morgan fingerprint density at radius 3 is 2.70 bits per heavy atom. The molecule has 0 aromatic carbocycles. The van der Waals surface area contributed by atoms with E-state index in [2.05, 4.69) is 10.3 Å².